The number of morpholine rings is 1. The number of rotatable bonds is 8. The Kier molecular flexibility index (Phi) is 11.3. The highest BCUT2D eigenvalue weighted by atomic mass is 127. The number of likely N-dealkylation sites (tertiary alicyclic amines) is 1. The average molecular weight is 546 g/mol. The molecular formula is C23H40IN5O2. The molecule has 3 rings (SSSR count). The molecule has 2 aliphatic heterocycles. The van der Waals surface area contributed by atoms with E-state index >= 15 is 0 Å². The Hall–Kier alpha value is -1.10. The molecule has 31 heavy (non-hydrogen) atoms. The number of methoxy groups -OCH3 is 1. The summed E-state index contributed by atoms with van der Waals surface area (Å²) >= 11 is 0. The Morgan fingerprint density at radius 1 is 1.16 bits per heavy atom. The van der Waals surface area contributed by atoms with Crippen LogP contribution in [0.25, 0.3) is 0 Å². The molecule has 0 aliphatic carbocycles. The maximum atomic E-state index is 5.57. The standard InChI is InChI=1S/C23H39N5O2.HI/c1-18(28-13-14-30-17-19(28)2)15-25-23(24-3)26-16-22(27-11-5-6-12-27)20-7-9-21(29-4)10-8-20;/h7-10,18-19,22H,5-6,11-17H2,1-4H3,(H2,24,25,26);1H. The van der Waals surface area contributed by atoms with E-state index < -0.39 is 0 Å². The molecule has 2 fully saturated rings. The van der Waals surface area contributed by atoms with Crippen molar-refractivity contribution in [2.75, 3.05) is 60.1 Å². The molecule has 0 spiro atoms. The molecule has 0 saturated carbocycles. The maximum absolute atomic E-state index is 5.57. The largest absolute Gasteiger partial charge is 0.497 e. The molecule has 0 radical (unpaired) electrons. The van der Waals surface area contributed by atoms with Crippen LogP contribution in [0.1, 0.15) is 38.3 Å². The van der Waals surface area contributed by atoms with Gasteiger partial charge in [-0.1, -0.05) is 12.1 Å². The van der Waals surface area contributed by atoms with Gasteiger partial charge in [-0.2, -0.15) is 0 Å². The lowest BCUT2D eigenvalue weighted by Crippen LogP contribution is -2.53. The zero-order valence-corrected chi connectivity index (χ0v) is 21.8. The van der Waals surface area contributed by atoms with Crippen molar-refractivity contribution in [1.29, 1.82) is 0 Å². The van der Waals surface area contributed by atoms with Gasteiger partial charge in [-0.25, -0.2) is 0 Å². The van der Waals surface area contributed by atoms with Crippen LogP contribution in [-0.2, 0) is 4.74 Å². The van der Waals surface area contributed by atoms with E-state index in [1.165, 1.54) is 18.4 Å². The summed E-state index contributed by atoms with van der Waals surface area (Å²) in [4.78, 5) is 9.53. The fourth-order valence-electron chi connectivity index (χ4n) is 4.51. The number of benzene rings is 1. The van der Waals surface area contributed by atoms with Crippen LogP contribution in [0.15, 0.2) is 29.3 Å². The molecule has 0 amide bonds. The fourth-order valence-corrected chi connectivity index (χ4v) is 4.51. The highest BCUT2D eigenvalue weighted by Gasteiger charge is 2.25. The normalized spacial score (nSPS) is 22.5. The van der Waals surface area contributed by atoms with Crippen LogP contribution < -0.4 is 15.4 Å². The predicted molar refractivity (Wildman–Crippen MR) is 138 cm³/mol. The van der Waals surface area contributed by atoms with Gasteiger partial charge in [-0.3, -0.25) is 14.8 Å². The second kappa shape index (κ2) is 13.4. The third-order valence-electron chi connectivity index (χ3n) is 6.32. The quantitative estimate of drug-likeness (QED) is 0.298. The summed E-state index contributed by atoms with van der Waals surface area (Å²) in [7, 11) is 3.55. The lowest BCUT2D eigenvalue weighted by molar-refractivity contribution is -0.0174. The fraction of sp³-hybridized carbons (Fsp3) is 0.696. The topological polar surface area (TPSA) is 61.4 Å². The van der Waals surface area contributed by atoms with Gasteiger partial charge >= 0.3 is 0 Å². The van der Waals surface area contributed by atoms with Gasteiger partial charge in [0, 0.05) is 38.8 Å². The van der Waals surface area contributed by atoms with E-state index in [4.69, 9.17) is 9.47 Å². The number of nitrogens with one attached hydrogen (secondary N) is 2. The van der Waals surface area contributed by atoms with Gasteiger partial charge in [0.15, 0.2) is 5.96 Å². The van der Waals surface area contributed by atoms with Crippen molar-refractivity contribution >= 4 is 29.9 Å². The molecule has 2 saturated heterocycles. The molecule has 7 nitrogen and oxygen atoms in total. The highest BCUT2D eigenvalue weighted by molar-refractivity contribution is 14.0. The van der Waals surface area contributed by atoms with Crippen LogP contribution in [0, 0.1) is 0 Å². The molecule has 0 aromatic heterocycles. The lowest BCUT2D eigenvalue weighted by atomic mass is 10.1. The first-order valence-corrected chi connectivity index (χ1v) is 11.3. The minimum absolute atomic E-state index is 0. The molecule has 3 atom stereocenters. The van der Waals surface area contributed by atoms with Gasteiger partial charge in [0.1, 0.15) is 5.75 Å². The second-order valence-electron chi connectivity index (χ2n) is 8.38. The number of hydrogen-bond acceptors (Lipinski definition) is 5. The molecule has 1 aromatic rings. The third-order valence-corrected chi connectivity index (χ3v) is 6.32. The van der Waals surface area contributed by atoms with E-state index in [9.17, 15) is 0 Å². The van der Waals surface area contributed by atoms with Crippen LogP contribution >= 0.6 is 24.0 Å². The lowest BCUT2D eigenvalue weighted by Gasteiger charge is -2.38. The first-order chi connectivity index (χ1) is 14.6. The number of aliphatic imine (C=N–C) groups is 1. The van der Waals surface area contributed by atoms with Crippen LogP contribution in [0.4, 0.5) is 0 Å². The van der Waals surface area contributed by atoms with Crippen molar-refractivity contribution in [3.8, 4) is 5.75 Å². The number of ether oxygens (including phenoxy) is 2. The van der Waals surface area contributed by atoms with Crippen molar-refractivity contribution in [2.45, 2.75) is 44.8 Å². The summed E-state index contributed by atoms with van der Waals surface area (Å²) in [5.41, 5.74) is 1.32. The molecule has 176 valence electrons. The van der Waals surface area contributed by atoms with Crippen molar-refractivity contribution in [1.82, 2.24) is 20.4 Å². The summed E-state index contributed by atoms with van der Waals surface area (Å²) in [6.07, 6.45) is 2.55. The van der Waals surface area contributed by atoms with Gasteiger partial charge in [0.25, 0.3) is 0 Å². The number of hydrogen-bond donors (Lipinski definition) is 2. The molecule has 2 N–H and O–H groups in total. The van der Waals surface area contributed by atoms with Crippen LogP contribution in [-0.4, -0.2) is 87.9 Å². The summed E-state index contributed by atoms with van der Waals surface area (Å²) < 4.78 is 10.9. The Labute approximate surface area is 205 Å². The van der Waals surface area contributed by atoms with Crippen molar-refractivity contribution in [3.05, 3.63) is 29.8 Å². The van der Waals surface area contributed by atoms with Crippen molar-refractivity contribution in [3.63, 3.8) is 0 Å². The first kappa shape index (κ1) is 26.2. The van der Waals surface area contributed by atoms with E-state index in [-0.39, 0.29) is 24.0 Å². The monoisotopic (exact) mass is 545 g/mol. The molecule has 8 heteroatoms. The van der Waals surface area contributed by atoms with E-state index in [0.29, 0.717) is 18.1 Å². The molecule has 0 bridgehead atoms. The predicted octanol–water partition coefficient (Wildman–Crippen LogP) is 2.72. The Morgan fingerprint density at radius 2 is 1.84 bits per heavy atom. The van der Waals surface area contributed by atoms with Gasteiger partial charge in [0.05, 0.1) is 26.4 Å². The Bertz CT molecular complexity index is 666. The van der Waals surface area contributed by atoms with E-state index in [2.05, 4.69) is 63.5 Å². The van der Waals surface area contributed by atoms with Gasteiger partial charge in [-0.05, 0) is 57.5 Å². The SMILES string of the molecule is CN=C(NCC(c1ccc(OC)cc1)N1CCCC1)NCC(C)N1CCOCC1C.I. The zero-order chi connectivity index (χ0) is 21.3. The highest BCUT2D eigenvalue weighted by Crippen LogP contribution is 2.26. The zero-order valence-electron chi connectivity index (χ0n) is 19.5. The molecular weight excluding hydrogens is 505 g/mol. The number of nitrogens with zero attached hydrogens (tertiary/aromatic N) is 3. The van der Waals surface area contributed by atoms with Crippen molar-refractivity contribution < 1.29 is 9.47 Å². The maximum Gasteiger partial charge on any atom is 0.191 e. The van der Waals surface area contributed by atoms with Crippen LogP contribution in [0.2, 0.25) is 0 Å². The minimum Gasteiger partial charge on any atom is -0.497 e. The summed E-state index contributed by atoms with van der Waals surface area (Å²) in [5, 5.41) is 7.09. The smallest absolute Gasteiger partial charge is 0.191 e. The summed E-state index contributed by atoms with van der Waals surface area (Å²) in [5.74, 6) is 1.76. The average Bonchev–Trinajstić information content (AvgIpc) is 3.31. The van der Waals surface area contributed by atoms with Gasteiger partial charge in [-0.15, -0.1) is 24.0 Å². The van der Waals surface area contributed by atoms with E-state index in [1.54, 1.807) is 7.11 Å². The van der Waals surface area contributed by atoms with Crippen molar-refractivity contribution in [2.24, 2.45) is 4.99 Å². The minimum atomic E-state index is 0. The Balaban J connectivity index is 0.00000341. The molecule has 2 heterocycles. The summed E-state index contributed by atoms with van der Waals surface area (Å²) in [6.45, 7) is 11.1. The second-order valence-corrected chi connectivity index (χ2v) is 8.38. The summed E-state index contributed by atoms with van der Waals surface area (Å²) in [6, 6.07) is 9.68. The molecule has 1 aromatic carbocycles. The first-order valence-electron chi connectivity index (χ1n) is 11.3. The third kappa shape index (κ3) is 7.47. The van der Waals surface area contributed by atoms with Crippen LogP contribution in [0.3, 0.4) is 0 Å². The van der Waals surface area contributed by atoms with Gasteiger partial charge < -0.3 is 20.1 Å². The van der Waals surface area contributed by atoms with Crippen LogP contribution in [0.5, 0.6) is 5.75 Å². The van der Waals surface area contributed by atoms with E-state index in [0.717, 1.165) is 57.6 Å². The molecule has 2 aliphatic rings. The number of halogens is 1. The van der Waals surface area contributed by atoms with E-state index in [1.807, 2.05) is 7.05 Å². The van der Waals surface area contributed by atoms with Gasteiger partial charge in [0.2, 0.25) is 0 Å². The Morgan fingerprint density at radius 3 is 2.45 bits per heavy atom. The number of guanidine groups is 1. The molecule has 3 unspecified atom stereocenters.